The van der Waals surface area contributed by atoms with Crippen molar-refractivity contribution in [2.75, 3.05) is 12.0 Å². The minimum Gasteiger partial charge on any atom is -0.465 e. The van der Waals surface area contributed by atoms with Crippen molar-refractivity contribution >= 4 is 40.1 Å². The second kappa shape index (κ2) is 7.73. The molecule has 0 saturated carbocycles. The number of carbonyl (C=O) groups excluding carboxylic acids is 2. The molecule has 0 radical (unpaired) electrons. The number of rotatable bonds is 4. The van der Waals surface area contributed by atoms with E-state index < -0.39 is 5.97 Å². The van der Waals surface area contributed by atoms with Crippen molar-refractivity contribution in [3.05, 3.63) is 46.0 Å². The molecule has 0 fully saturated rings. The van der Waals surface area contributed by atoms with Crippen LogP contribution in [0.2, 0.25) is 0 Å². The van der Waals surface area contributed by atoms with E-state index in [4.69, 9.17) is 5.26 Å². The van der Waals surface area contributed by atoms with Crippen LogP contribution in [0.1, 0.15) is 23.7 Å². The Kier molecular flexibility index (Phi) is 5.67. The van der Waals surface area contributed by atoms with E-state index in [9.17, 15) is 9.59 Å². The topological polar surface area (TPSA) is 83.3 Å². The maximum atomic E-state index is 12.2. The maximum Gasteiger partial charge on any atom is 0.348 e. The molecule has 0 atom stereocenters. The predicted octanol–water partition coefficient (Wildman–Crippen LogP) is 3.52. The molecule has 0 N–H and O–H groups in total. The molecule has 0 unspecified atom stereocenters. The first kappa shape index (κ1) is 18.4. The molecule has 2 aromatic rings. The SMILES string of the molecule is COC(=O)/C(C#N)=C/c1csc(N(C(C)=O)c2c(C)cccc2C)n1. The fourth-order valence-electron chi connectivity index (χ4n) is 2.39. The molecule has 7 heteroatoms. The normalized spacial score (nSPS) is 10.9. The quantitative estimate of drug-likeness (QED) is 0.476. The molecular formula is C18H17N3O3S. The van der Waals surface area contributed by atoms with Crippen LogP contribution in [0.15, 0.2) is 29.2 Å². The van der Waals surface area contributed by atoms with Crippen LogP contribution in [-0.2, 0) is 14.3 Å². The number of anilines is 2. The number of hydrogen-bond donors (Lipinski definition) is 0. The van der Waals surface area contributed by atoms with Crippen LogP contribution < -0.4 is 4.90 Å². The number of ether oxygens (including phenoxy) is 1. The molecule has 1 aromatic heterocycles. The average Bonchev–Trinajstić information content (AvgIpc) is 3.03. The lowest BCUT2D eigenvalue weighted by molar-refractivity contribution is -0.135. The molecule has 0 aliphatic carbocycles. The van der Waals surface area contributed by atoms with Crippen molar-refractivity contribution in [2.45, 2.75) is 20.8 Å². The van der Waals surface area contributed by atoms with Crippen LogP contribution >= 0.6 is 11.3 Å². The fraction of sp³-hybridized carbons (Fsp3) is 0.222. The Balaban J connectivity index is 2.49. The molecule has 2 rings (SSSR count). The number of benzene rings is 1. The standard InChI is InChI=1S/C18H17N3O3S/c1-11-6-5-7-12(2)16(11)21(13(3)22)18-20-15(10-25-18)8-14(9-19)17(23)24-4/h5-8,10H,1-4H3/b14-8+. The van der Waals surface area contributed by atoms with Gasteiger partial charge in [-0.15, -0.1) is 11.3 Å². The Morgan fingerprint density at radius 3 is 2.48 bits per heavy atom. The lowest BCUT2D eigenvalue weighted by atomic mass is 10.1. The number of methoxy groups -OCH3 is 1. The van der Waals surface area contributed by atoms with Crippen molar-refractivity contribution in [3.63, 3.8) is 0 Å². The van der Waals surface area contributed by atoms with Gasteiger partial charge < -0.3 is 4.74 Å². The zero-order chi connectivity index (χ0) is 18.6. The number of aryl methyl sites for hydroxylation is 2. The summed E-state index contributed by atoms with van der Waals surface area (Å²) in [5, 5.41) is 11.2. The van der Waals surface area contributed by atoms with Crippen molar-refractivity contribution < 1.29 is 14.3 Å². The number of nitriles is 1. The number of esters is 1. The molecule has 0 bridgehead atoms. The van der Waals surface area contributed by atoms with Gasteiger partial charge in [0.25, 0.3) is 0 Å². The van der Waals surface area contributed by atoms with E-state index in [0.29, 0.717) is 10.8 Å². The average molecular weight is 355 g/mol. The Morgan fingerprint density at radius 2 is 1.96 bits per heavy atom. The van der Waals surface area contributed by atoms with Crippen molar-refractivity contribution in [1.29, 1.82) is 5.26 Å². The number of thiazole rings is 1. The van der Waals surface area contributed by atoms with Crippen molar-refractivity contribution in [3.8, 4) is 6.07 Å². The highest BCUT2D eigenvalue weighted by molar-refractivity contribution is 7.14. The second-order valence-corrected chi connectivity index (χ2v) is 6.15. The van der Waals surface area contributed by atoms with Gasteiger partial charge in [-0.05, 0) is 31.1 Å². The summed E-state index contributed by atoms with van der Waals surface area (Å²) in [6.45, 7) is 5.33. The van der Waals surface area contributed by atoms with Gasteiger partial charge in [0.15, 0.2) is 5.13 Å². The first-order valence-corrected chi connectivity index (χ1v) is 8.29. The predicted molar refractivity (Wildman–Crippen MR) is 96.5 cm³/mol. The van der Waals surface area contributed by atoms with Gasteiger partial charge in [0.1, 0.15) is 11.6 Å². The highest BCUT2D eigenvalue weighted by Crippen LogP contribution is 2.34. The molecule has 128 valence electrons. The number of para-hydroxylation sites is 1. The maximum absolute atomic E-state index is 12.2. The second-order valence-electron chi connectivity index (χ2n) is 5.31. The highest BCUT2D eigenvalue weighted by atomic mass is 32.1. The largest absolute Gasteiger partial charge is 0.465 e. The summed E-state index contributed by atoms with van der Waals surface area (Å²) in [6, 6.07) is 7.57. The summed E-state index contributed by atoms with van der Waals surface area (Å²) in [7, 11) is 1.21. The Morgan fingerprint density at radius 1 is 1.32 bits per heavy atom. The highest BCUT2D eigenvalue weighted by Gasteiger charge is 2.21. The van der Waals surface area contributed by atoms with Gasteiger partial charge in [0.05, 0.1) is 18.5 Å². The first-order valence-electron chi connectivity index (χ1n) is 7.41. The third kappa shape index (κ3) is 3.92. The van der Waals surface area contributed by atoms with E-state index in [2.05, 4.69) is 9.72 Å². The van der Waals surface area contributed by atoms with Gasteiger partial charge in [0, 0.05) is 12.3 Å². The molecule has 0 spiro atoms. The number of hydrogen-bond acceptors (Lipinski definition) is 6. The lowest BCUT2D eigenvalue weighted by Crippen LogP contribution is -2.24. The Labute approximate surface area is 150 Å². The number of carbonyl (C=O) groups is 2. The van der Waals surface area contributed by atoms with Crippen LogP contribution in [0.3, 0.4) is 0 Å². The van der Waals surface area contributed by atoms with Crippen LogP contribution in [0, 0.1) is 25.2 Å². The summed E-state index contributed by atoms with van der Waals surface area (Å²) in [6.07, 6.45) is 1.34. The summed E-state index contributed by atoms with van der Waals surface area (Å²) in [4.78, 5) is 29.7. The molecule has 0 aliphatic heterocycles. The number of nitrogens with zero attached hydrogens (tertiary/aromatic N) is 3. The van der Waals surface area contributed by atoms with Crippen LogP contribution in [-0.4, -0.2) is 24.0 Å². The van der Waals surface area contributed by atoms with E-state index in [1.54, 1.807) is 11.4 Å². The summed E-state index contributed by atoms with van der Waals surface area (Å²) < 4.78 is 4.55. The zero-order valence-electron chi connectivity index (χ0n) is 14.4. The molecule has 1 amide bonds. The number of amides is 1. The van der Waals surface area contributed by atoms with Gasteiger partial charge in [-0.25, -0.2) is 9.78 Å². The monoisotopic (exact) mass is 355 g/mol. The molecule has 1 aromatic carbocycles. The van der Waals surface area contributed by atoms with Crippen LogP contribution in [0.5, 0.6) is 0 Å². The summed E-state index contributed by atoms with van der Waals surface area (Å²) in [5.74, 6) is -0.897. The first-order chi connectivity index (χ1) is 11.9. The van der Waals surface area contributed by atoms with E-state index >= 15 is 0 Å². The van der Waals surface area contributed by atoms with E-state index in [-0.39, 0.29) is 11.5 Å². The van der Waals surface area contributed by atoms with E-state index in [1.165, 1.54) is 36.3 Å². The van der Waals surface area contributed by atoms with Gasteiger partial charge in [0.2, 0.25) is 5.91 Å². The molecule has 1 heterocycles. The number of aromatic nitrogens is 1. The fourth-order valence-corrected chi connectivity index (χ4v) is 3.22. The van der Waals surface area contributed by atoms with E-state index in [1.807, 2.05) is 32.0 Å². The lowest BCUT2D eigenvalue weighted by Gasteiger charge is -2.22. The molecule has 6 nitrogen and oxygen atoms in total. The van der Waals surface area contributed by atoms with Gasteiger partial charge in [-0.3, -0.25) is 9.69 Å². The van der Waals surface area contributed by atoms with Crippen molar-refractivity contribution in [1.82, 2.24) is 4.98 Å². The molecule has 25 heavy (non-hydrogen) atoms. The van der Waals surface area contributed by atoms with Gasteiger partial charge in [-0.1, -0.05) is 18.2 Å². The van der Waals surface area contributed by atoms with Gasteiger partial charge >= 0.3 is 5.97 Å². The summed E-state index contributed by atoms with van der Waals surface area (Å²) in [5.41, 5.74) is 2.96. The zero-order valence-corrected chi connectivity index (χ0v) is 15.2. The third-order valence-corrected chi connectivity index (χ3v) is 4.34. The van der Waals surface area contributed by atoms with E-state index in [0.717, 1.165) is 16.8 Å². The Hall–Kier alpha value is -2.98. The molecule has 0 saturated heterocycles. The van der Waals surface area contributed by atoms with Crippen LogP contribution in [0.4, 0.5) is 10.8 Å². The molecular weight excluding hydrogens is 338 g/mol. The molecule has 0 aliphatic rings. The Bertz CT molecular complexity index is 873. The van der Waals surface area contributed by atoms with Crippen molar-refractivity contribution in [2.24, 2.45) is 0 Å². The minimum atomic E-state index is -0.727. The van der Waals surface area contributed by atoms with Crippen LogP contribution in [0.25, 0.3) is 6.08 Å². The minimum absolute atomic E-state index is 0.152. The smallest absolute Gasteiger partial charge is 0.348 e. The summed E-state index contributed by atoms with van der Waals surface area (Å²) >= 11 is 1.26. The third-order valence-electron chi connectivity index (χ3n) is 3.50. The van der Waals surface area contributed by atoms with Gasteiger partial charge in [-0.2, -0.15) is 5.26 Å².